The molecule has 1 aromatic heterocycles. The lowest BCUT2D eigenvalue weighted by molar-refractivity contribution is -0.137. The lowest BCUT2D eigenvalue weighted by Gasteiger charge is -2.29. The Hall–Kier alpha value is -2.07. The highest BCUT2D eigenvalue weighted by molar-refractivity contribution is 9.10. The van der Waals surface area contributed by atoms with E-state index in [-0.39, 0.29) is 23.7 Å². The van der Waals surface area contributed by atoms with Gasteiger partial charge in [-0.3, -0.25) is 0 Å². The van der Waals surface area contributed by atoms with E-state index in [0.29, 0.717) is 35.5 Å². The highest BCUT2D eigenvalue weighted by atomic mass is 79.9. The number of aromatic nitrogens is 2. The Morgan fingerprint density at radius 2 is 2.00 bits per heavy atom. The van der Waals surface area contributed by atoms with Crippen LogP contribution in [0, 0.1) is 0 Å². The van der Waals surface area contributed by atoms with Gasteiger partial charge in [0.2, 0.25) is 5.95 Å². The van der Waals surface area contributed by atoms with E-state index in [1.807, 2.05) is 0 Å². The molecular formula is C20H21BrClF3N4O2. The van der Waals surface area contributed by atoms with Gasteiger partial charge in [0.25, 0.3) is 0 Å². The first-order valence-corrected chi connectivity index (χ1v) is 10.8. The van der Waals surface area contributed by atoms with Crippen LogP contribution < -0.4 is 4.90 Å². The summed E-state index contributed by atoms with van der Waals surface area (Å²) >= 11 is 9.24. The van der Waals surface area contributed by atoms with Crippen molar-refractivity contribution in [2.45, 2.75) is 45.1 Å². The zero-order valence-corrected chi connectivity index (χ0v) is 19.2. The molecule has 31 heavy (non-hydrogen) atoms. The molecule has 0 saturated carbocycles. The highest BCUT2D eigenvalue weighted by Gasteiger charge is 2.34. The van der Waals surface area contributed by atoms with Crippen molar-refractivity contribution in [3.63, 3.8) is 0 Å². The minimum absolute atomic E-state index is 0.00457. The molecule has 0 aliphatic carbocycles. The van der Waals surface area contributed by atoms with Crippen molar-refractivity contribution < 1.29 is 22.7 Å². The van der Waals surface area contributed by atoms with E-state index in [2.05, 4.69) is 25.9 Å². The average Bonchev–Trinajstić information content (AvgIpc) is 3.15. The van der Waals surface area contributed by atoms with Crippen LogP contribution >= 0.6 is 27.5 Å². The normalized spacial score (nSPS) is 16.6. The molecule has 1 atom stereocenters. The maximum Gasteiger partial charge on any atom is 0.416 e. The van der Waals surface area contributed by atoms with E-state index in [1.54, 1.807) is 36.0 Å². The first kappa shape index (κ1) is 23.6. The third-order valence-electron chi connectivity index (χ3n) is 4.70. The Labute approximate surface area is 191 Å². The molecule has 1 aromatic carbocycles. The molecule has 1 amide bonds. The van der Waals surface area contributed by atoms with Gasteiger partial charge >= 0.3 is 12.3 Å². The Bertz CT molecular complexity index is 928. The number of carbonyl (C=O) groups excluding carboxylic acids is 1. The van der Waals surface area contributed by atoms with Gasteiger partial charge in [-0.1, -0.05) is 11.6 Å². The zero-order valence-electron chi connectivity index (χ0n) is 16.9. The number of rotatable bonds is 5. The van der Waals surface area contributed by atoms with E-state index in [4.69, 9.17) is 16.3 Å². The van der Waals surface area contributed by atoms with Crippen molar-refractivity contribution in [2.75, 3.05) is 18.0 Å². The van der Waals surface area contributed by atoms with Crippen LogP contribution in [0.1, 0.15) is 31.4 Å². The Morgan fingerprint density at radius 1 is 1.32 bits per heavy atom. The smallest absolute Gasteiger partial charge is 0.416 e. The van der Waals surface area contributed by atoms with Crippen LogP contribution in [0.5, 0.6) is 0 Å². The zero-order chi connectivity index (χ0) is 22.8. The molecule has 168 valence electrons. The molecule has 11 heteroatoms. The van der Waals surface area contributed by atoms with Crippen molar-refractivity contribution in [2.24, 2.45) is 0 Å². The maximum atomic E-state index is 13.2. The Kier molecular flexibility index (Phi) is 7.31. The molecule has 0 bridgehead atoms. The van der Waals surface area contributed by atoms with Gasteiger partial charge in [-0.25, -0.2) is 14.8 Å². The van der Waals surface area contributed by atoms with Crippen LogP contribution in [0.4, 0.5) is 23.9 Å². The molecule has 1 aliphatic rings. The maximum absolute atomic E-state index is 13.2. The average molecular weight is 522 g/mol. The second-order valence-corrected chi connectivity index (χ2v) is 8.85. The first-order chi connectivity index (χ1) is 14.5. The van der Waals surface area contributed by atoms with Gasteiger partial charge in [-0.2, -0.15) is 13.2 Å². The fraction of sp³-hybridized carbons (Fsp3) is 0.450. The molecule has 1 saturated heterocycles. The molecule has 6 nitrogen and oxygen atoms in total. The topological polar surface area (TPSA) is 58.6 Å². The molecule has 3 rings (SSSR count). The van der Waals surface area contributed by atoms with Gasteiger partial charge in [0, 0.05) is 37.1 Å². The third-order valence-corrected chi connectivity index (χ3v) is 5.33. The summed E-state index contributed by atoms with van der Waals surface area (Å²) in [5, 5.41) is -0.00457. The van der Waals surface area contributed by atoms with Crippen LogP contribution in [0.15, 0.2) is 35.1 Å². The van der Waals surface area contributed by atoms with Gasteiger partial charge < -0.3 is 14.5 Å². The van der Waals surface area contributed by atoms with Crippen molar-refractivity contribution in [1.82, 2.24) is 14.9 Å². The number of ether oxygens (including phenoxy) is 1. The predicted molar refractivity (Wildman–Crippen MR) is 114 cm³/mol. The van der Waals surface area contributed by atoms with E-state index in [1.165, 1.54) is 6.07 Å². The number of hydrogen-bond donors (Lipinski definition) is 0. The van der Waals surface area contributed by atoms with Crippen molar-refractivity contribution >= 4 is 39.6 Å². The quantitative estimate of drug-likeness (QED) is 0.517. The summed E-state index contributed by atoms with van der Waals surface area (Å²) < 4.78 is 45.6. The number of halogens is 5. The number of amides is 1. The van der Waals surface area contributed by atoms with E-state index in [9.17, 15) is 18.0 Å². The summed E-state index contributed by atoms with van der Waals surface area (Å²) in [7, 11) is 0. The third kappa shape index (κ3) is 6.22. The number of likely N-dealkylation sites (tertiary alicyclic amines) is 1. The highest BCUT2D eigenvalue weighted by Crippen LogP contribution is 2.33. The molecule has 0 spiro atoms. The Morgan fingerprint density at radius 3 is 2.61 bits per heavy atom. The van der Waals surface area contributed by atoms with Crippen LogP contribution in [-0.2, 0) is 17.5 Å². The first-order valence-electron chi connectivity index (χ1n) is 9.59. The standard InChI is InChI=1S/C20H21BrClF3N4O2/c1-12(2)31-19(30)28-4-3-17(11-28)29(18-26-8-15(21)9-27-18)10-13-5-14(20(23,24)25)7-16(22)6-13/h5-9,12,17H,3-4,10-11H2,1-2H3/t17-/m0/s1. The molecular weight excluding hydrogens is 501 g/mol. The minimum Gasteiger partial charge on any atom is -0.447 e. The number of hydrogen-bond acceptors (Lipinski definition) is 5. The Balaban J connectivity index is 1.88. The molecule has 2 heterocycles. The fourth-order valence-electron chi connectivity index (χ4n) is 3.36. The summed E-state index contributed by atoms with van der Waals surface area (Å²) in [5.41, 5.74) is -0.449. The van der Waals surface area contributed by atoms with E-state index < -0.39 is 17.8 Å². The van der Waals surface area contributed by atoms with Crippen LogP contribution in [-0.4, -0.2) is 46.2 Å². The van der Waals surface area contributed by atoms with E-state index in [0.717, 1.165) is 12.1 Å². The number of carbonyl (C=O) groups is 1. The minimum atomic E-state index is -4.51. The predicted octanol–water partition coefficient (Wildman–Crippen LogP) is 5.54. The van der Waals surface area contributed by atoms with Crippen molar-refractivity contribution in [1.29, 1.82) is 0 Å². The lowest BCUT2D eigenvalue weighted by Crippen LogP contribution is -2.40. The molecule has 1 aliphatic heterocycles. The number of benzene rings is 1. The fourth-order valence-corrected chi connectivity index (χ4v) is 3.82. The van der Waals surface area contributed by atoms with E-state index >= 15 is 0 Å². The molecule has 0 radical (unpaired) electrons. The number of nitrogens with zero attached hydrogens (tertiary/aromatic N) is 4. The van der Waals surface area contributed by atoms with Crippen molar-refractivity contribution in [3.8, 4) is 0 Å². The van der Waals surface area contributed by atoms with Crippen LogP contribution in [0.3, 0.4) is 0 Å². The monoisotopic (exact) mass is 520 g/mol. The summed E-state index contributed by atoms with van der Waals surface area (Å²) in [6.07, 6.45) is -1.45. The van der Waals surface area contributed by atoms with Crippen LogP contribution in [0.2, 0.25) is 5.02 Å². The second-order valence-electron chi connectivity index (χ2n) is 7.50. The summed E-state index contributed by atoms with van der Waals surface area (Å²) in [5.74, 6) is 0.348. The molecule has 0 unspecified atom stereocenters. The second kappa shape index (κ2) is 9.60. The largest absolute Gasteiger partial charge is 0.447 e. The van der Waals surface area contributed by atoms with Crippen LogP contribution in [0.25, 0.3) is 0 Å². The summed E-state index contributed by atoms with van der Waals surface area (Å²) in [6.45, 7) is 4.45. The van der Waals surface area contributed by atoms with Gasteiger partial charge in [0.1, 0.15) is 0 Å². The van der Waals surface area contributed by atoms with Gasteiger partial charge in [0.15, 0.2) is 0 Å². The number of anilines is 1. The SMILES string of the molecule is CC(C)OC(=O)N1CC[C@H](N(Cc2cc(Cl)cc(C(F)(F)F)c2)c2ncc(Br)cn2)C1. The van der Waals surface area contributed by atoms with Crippen molar-refractivity contribution in [3.05, 3.63) is 51.2 Å². The summed E-state index contributed by atoms with van der Waals surface area (Å²) in [4.78, 5) is 24.3. The summed E-state index contributed by atoms with van der Waals surface area (Å²) in [6, 6.07) is 3.25. The van der Waals surface area contributed by atoms with Gasteiger partial charge in [-0.05, 0) is 60.0 Å². The number of alkyl halides is 3. The van der Waals surface area contributed by atoms with Gasteiger partial charge in [-0.15, -0.1) is 0 Å². The lowest BCUT2D eigenvalue weighted by atomic mass is 10.1. The molecule has 0 N–H and O–H groups in total. The molecule has 1 fully saturated rings. The molecule has 2 aromatic rings. The van der Waals surface area contributed by atoms with Gasteiger partial charge in [0.05, 0.1) is 22.2 Å².